The molecule has 7 heteroatoms. The van der Waals surface area contributed by atoms with Crippen molar-refractivity contribution in [1.29, 1.82) is 0 Å². The van der Waals surface area contributed by atoms with Crippen molar-refractivity contribution in [3.63, 3.8) is 0 Å². The van der Waals surface area contributed by atoms with Crippen LogP contribution in [0.5, 0.6) is 0 Å². The highest BCUT2D eigenvalue weighted by atomic mass is 79.9. The first-order valence-corrected chi connectivity index (χ1v) is 8.34. The highest BCUT2D eigenvalue weighted by Gasteiger charge is 2.22. The number of carbonyl (C=O) groups excluding carboxylic acids is 1. The van der Waals surface area contributed by atoms with Crippen molar-refractivity contribution >= 4 is 38.6 Å². The van der Waals surface area contributed by atoms with E-state index in [-0.39, 0.29) is 11.9 Å². The molecule has 3 rings (SSSR count). The van der Waals surface area contributed by atoms with E-state index in [0.717, 1.165) is 16.5 Å². The van der Waals surface area contributed by atoms with Crippen LogP contribution >= 0.6 is 15.9 Å². The van der Waals surface area contributed by atoms with Crippen LogP contribution in [0.25, 0.3) is 10.9 Å². The van der Waals surface area contributed by atoms with Gasteiger partial charge >= 0.3 is 0 Å². The van der Waals surface area contributed by atoms with E-state index in [1.807, 2.05) is 55.4 Å². The third-order valence-electron chi connectivity index (χ3n) is 3.85. The van der Waals surface area contributed by atoms with Crippen LogP contribution < -0.4 is 5.32 Å². The molecule has 124 valence electrons. The Morgan fingerprint density at radius 1 is 1.33 bits per heavy atom. The molecule has 24 heavy (non-hydrogen) atoms. The smallest absolute Gasteiger partial charge is 0.243 e. The zero-order valence-electron chi connectivity index (χ0n) is 13.5. The number of hydrogen-bond acceptors (Lipinski definition) is 4. The number of halogens is 1. The lowest BCUT2D eigenvalue weighted by atomic mass is 10.0. The summed E-state index contributed by atoms with van der Waals surface area (Å²) < 4.78 is 0.695. The Balaban J connectivity index is 1.81. The normalized spacial score (nSPS) is 12.5. The molecule has 3 aromatic rings. The van der Waals surface area contributed by atoms with Crippen LogP contribution in [0.3, 0.4) is 0 Å². The number of nitrogens with one attached hydrogen (secondary N) is 2. The van der Waals surface area contributed by atoms with Crippen molar-refractivity contribution in [3.05, 3.63) is 52.8 Å². The van der Waals surface area contributed by atoms with Gasteiger partial charge in [-0.2, -0.15) is 5.10 Å². The van der Waals surface area contributed by atoms with Gasteiger partial charge in [-0.3, -0.25) is 14.8 Å². The monoisotopic (exact) mass is 387 g/mol. The minimum Gasteiger partial charge on any atom is -0.307 e. The first-order chi connectivity index (χ1) is 11.5. The molecular weight excluding hydrogens is 370 g/mol. The predicted octanol–water partition coefficient (Wildman–Crippen LogP) is 2.83. The van der Waals surface area contributed by atoms with E-state index in [1.165, 1.54) is 0 Å². The molecule has 0 fully saturated rings. The minimum absolute atomic E-state index is 0.0924. The number of fused-ring (bicyclic) bond motifs is 1. The third-order valence-corrected chi connectivity index (χ3v) is 4.29. The lowest BCUT2D eigenvalue weighted by molar-refractivity contribution is -0.120. The Labute approximate surface area is 148 Å². The van der Waals surface area contributed by atoms with E-state index in [1.54, 1.807) is 6.20 Å². The number of nitrogens with zero attached hydrogens (tertiary/aromatic N) is 3. The summed E-state index contributed by atoms with van der Waals surface area (Å²) in [6.45, 7) is 0. The maximum Gasteiger partial charge on any atom is 0.243 e. The van der Waals surface area contributed by atoms with Crippen LogP contribution in [0, 0.1) is 0 Å². The van der Waals surface area contributed by atoms with Crippen molar-refractivity contribution in [3.8, 4) is 0 Å². The number of amides is 1. The van der Waals surface area contributed by atoms with Gasteiger partial charge in [0.2, 0.25) is 5.91 Å². The summed E-state index contributed by atoms with van der Waals surface area (Å²) in [5, 5.41) is 10.8. The van der Waals surface area contributed by atoms with Crippen LogP contribution in [0.1, 0.15) is 5.56 Å². The maximum atomic E-state index is 12.8. The van der Waals surface area contributed by atoms with Crippen LogP contribution in [-0.2, 0) is 11.2 Å². The first kappa shape index (κ1) is 16.6. The molecule has 2 heterocycles. The van der Waals surface area contributed by atoms with Crippen molar-refractivity contribution in [2.75, 3.05) is 19.4 Å². The quantitative estimate of drug-likeness (QED) is 0.660. The molecule has 0 saturated heterocycles. The van der Waals surface area contributed by atoms with E-state index in [4.69, 9.17) is 0 Å². The molecule has 6 nitrogen and oxygen atoms in total. The lowest BCUT2D eigenvalue weighted by Crippen LogP contribution is -2.41. The third kappa shape index (κ3) is 3.63. The SMILES string of the molecule is CN(C)C(Cc1ccccc1)C(=O)Nc1n[nH]c2cnc(Br)cc12. The number of aromatic amines is 1. The summed E-state index contributed by atoms with van der Waals surface area (Å²) in [6, 6.07) is 11.5. The molecule has 1 aromatic carbocycles. The summed E-state index contributed by atoms with van der Waals surface area (Å²) in [4.78, 5) is 18.8. The number of hydrogen-bond donors (Lipinski definition) is 2. The predicted molar refractivity (Wildman–Crippen MR) is 97.8 cm³/mol. The molecule has 1 amide bonds. The van der Waals surface area contributed by atoms with E-state index < -0.39 is 0 Å². The fourth-order valence-electron chi connectivity index (χ4n) is 2.53. The maximum absolute atomic E-state index is 12.8. The highest BCUT2D eigenvalue weighted by molar-refractivity contribution is 9.10. The van der Waals surface area contributed by atoms with Gasteiger partial charge in [-0.15, -0.1) is 0 Å². The fraction of sp³-hybridized carbons (Fsp3) is 0.235. The Kier molecular flexibility index (Phi) is 4.92. The van der Waals surface area contributed by atoms with Gasteiger partial charge in [0.15, 0.2) is 5.82 Å². The summed E-state index contributed by atoms with van der Waals surface area (Å²) in [6.07, 6.45) is 2.31. The second-order valence-corrected chi connectivity index (χ2v) is 6.60. The molecule has 1 unspecified atom stereocenters. The molecule has 0 aliphatic carbocycles. The van der Waals surface area contributed by atoms with Gasteiger partial charge in [0.05, 0.1) is 17.8 Å². The zero-order chi connectivity index (χ0) is 17.1. The minimum atomic E-state index is -0.288. The molecular formula is C17H18BrN5O. The van der Waals surface area contributed by atoms with Crippen molar-refractivity contribution < 1.29 is 4.79 Å². The first-order valence-electron chi connectivity index (χ1n) is 7.55. The van der Waals surface area contributed by atoms with Gasteiger partial charge < -0.3 is 5.32 Å². The molecule has 0 saturated carbocycles. The summed E-state index contributed by atoms with van der Waals surface area (Å²) in [7, 11) is 3.80. The van der Waals surface area contributed by atoms with Crippen molar-refractivity contribution in [1.82, 2.24) is 20.1 Å². The number of carbonyl (C=O) groups is 1. The molecule has 0 aliphatic rings. The van der Waals surface area contributed by atoms with E-state index >= 15 is 0 Å². The number of aromatic nitrogens is 3. The molecule has 0 bridgehead atoms. The van der Waals surface area contributed by atoms with Gasteiger partial charge in [-0.05, 0) is 48.1 Å². The number of H-pyrrole nitrogens is 1. The second-order valence-electron chi connectivity index (χ2n) is 5.78. The lowest BCUT2D eigenvalue weighted by Gasteiger charge is -2.23. The van der Waals surface area contributed by atoms with E-state index in [2.05, 4.69) is 36.4 Å². The summed E-state index contributed by atoms with van der Waals surface area (Å²) in [5.74, 6) is 0.420. The highest BCUT2D eigenvalue weighted by Crippen LogP contribution is 2.23. The summed E-state index contributed by atoms with van der Waals surface area (Å²) >= 11 is 3.34. The van der Waals surface area contributed by atoms with Crippen LogP contribution in [0.15, 0.2) is 47.2 Å². The largest absolute Gasteiger partial charge is 0.307 e. The van der Waals surface area contributed by atoms with E-state index in [9.17, 15) is 4.79 Å². The average molecular weight is 388 g/mol. The molecule has 2 aromatic heterocycles. The van der Waals surface area contributed by atoms with Gasteiger partial charge in [-0.25, -0.2) is 4.98 Å². The van der Waals surface area contributed by atoms with Gasteiger partial charge in [0.25, 0.3) is 0 Å². The van der Waals surface area contributed by atoms with Crippen LogP contribution in [-0.4, -0.2) is 46.1 Å². The van der Waals surface area contributed by atoms with Crippen LogP contribution in [0.4, 0.5) is 5.82 Å². The Morgan fingerprint density at radius 2 is 2.08 bits per heavy atom. The molecule has 0 radical (unpaired) electrons. The van der Waals surface area contributed by atoms with Crippen molar-refractivity contribution in [2.24, 2.45) is 0 Å². The average Bonchev–Trinajstić information content (AvgIpc) is 2.95. The molecule has 0 spiro atoms. The van der Waals surface area contributed by atoms with Gasteiger partial charge in [0, 0.05) is 5.39 Å². The standard InChI is InChI=1S/C17H18BrN5O/c1-23(2)14(8-11-6-4-3-5-7-11)17(24)20-16-12-9-15(18)19-10-13(12)21-22-16/h3-7,9-10,14H,8H2,1-2H3,(H2,20,21,22,24). The number of benzene rings is 1. The van der Waals surface area contributed by atoms with Gasteiger partial charge in [-0.1, -0.05) is 30.3 Å². The number of rotatable bonds is 5. The van der Waals surface area contributed by atoms with Crippen molar-refractivity contribution in [2.45, 2.75) is 12.5 Å². The molecule has 1 atom stereocenters. The Hall–Kier alpha value is -2.25. The van der Waals surface area contributed by atoms with E-state index in [0.29, 0.717) is 16.8 Å². The topological polar surface area (TPSA) is 73.9 Å². The number of anilines is 1. The molecule has 0 aliphatic heterocycles. The van der Waals surface area contributed by atoms with Crippen LogP contribution in [0.2, 0.25) is 0 Å². The zero-order valence-corrected chi connectivity index (χ0v) is 15.0. The number of likely N-dealkylation sites (N-methyl/N-ethyl adjacent to an activating group) is 1. The number of pyridine rings is 1. The molecule has 2 N–H and O–H groups in total. The fourth-order valence-corrected chi connectivity index (χ4v) is 2.86. The van der Waals surface area contributed by atoms with Gasteiger partial charge in [0.1, 0.15) is 4.60 Å². The second kappa shape index (κ2) is 7.11. The Bertz CT molecular complexity index is 847. The Morgan fingerprint density at radius 3 is 2.79 bits per heavy atom. The summed E-state index contributed by atoms with van der Waals surface area (Å²) in [5.41, 5.74) is 1.89.